The molecule has 3 rings (SSSR count). The van der Waals surface area contributed by atoms with Crippen LogP contribution >= 0.6 is 0 Å². The van der Waals surface area contributed by atoms with Crippen molar-refractivity contribution in [2.24, 2.45) is 0 Å². The van der Waals surface area contributed by atoms with E-state index >= 15 is 0 Å². The van der Waals surface area contributed by atoms with E-state index in [2.05, 4.69) is 92.1 Å². The number of unbranched alkanes of at least 4 members (excludes halogenated alkanes) is 10. The molecule has 0 amide bonds. The maximum absolute atomic E-state index is 6.42. The van der Waals surface area contributed by atoms with E-state index < -0.39 is 8.32 Å². The lowest BCUT2D eigenvalue weighted by Crippen LogP contribution is -2.34. The first-order chi connectivity index (χ1) is 20.9. The van der Waals surface area contributed by atoms with Gasteiger partial charge in [-0.15, -0.1) is 0 Å². The van der Waals surface area contributed by atoms with E-state index in [1.54, 1.807) is 6.20 Å². The van der Waals surface area contributed by atoms with Crippen molar-refractivity contribution >= 4 is 19.4 Å². The molecule has 2 aromatic carbocycles. The second-order valence-corrected chi connectivity index (χ2v) is 16.9. The quantitative estimate of drug-likeness (QED) is 0.0735. The molecule has 4 nitrogen and oxygen atoms in total. The minimum Gasteiger partial charge on any atom is -0.477 e. The first kappa shape index (κ1) is 34.8. The normalized spacial score (nSPS) is 12.2. The number of fused-ring (bicyclic) bond motifs is 1. The average Bonchev–Trinajstić information content (AvgIpc) is 3.00. The molecule has 3 aromatic rings. The molecule has 0 aliphatic rings. The van der Waals surface area contributed by atoms with E-state index in [4.69, 9.17) is 9.16 Å². The van der Waals surface area contributed by atoms with Crippen LogP contribution in [0.3, 0.4) is 0 Å². The van der Waals surface area contributed by atoms with Crippen LogP contribution in [0, 0.1) is 11.8 Å². The Labute approximate surface area is 263 Å². The minimum absolute atomic E-state index is 0.361. The zero-order valence-corrected chi connectivity index (χ0v) is 28.7. The standard InChI is InChI=1S/C38H56N2O2Si/c1-6-8-10-11-12-13-16-19-28-41-38-31-39-37-30-35(26-27-36(37)40-38)34-24-22-33(23-25-34)21-18-15-14-17-20-32(3)42-43(4,5)29-9-7-2/h22-27,30-32H,6-17,19-20,28-29H2,1-5H3. The highest BCUT2D eigenvalue weighted by molar-refractivity contribution is 6.71. The van der Waals surface area contributed by atoms with Gasteiger partial charge in [-0.3, -0.25) is 0 Å². The molecule has 0 N–H and O–H groups in total. The van der Waals surface area contributed by atoms with Gasteiger partial charge in [0, 0.05) is 18.1 Å². The molecule has 0 saturated carbocycles. The Morgan fingerprint density at radius 1 is 0.767 bits per heavy atom. The van der Waals surface area contributed by atoms with Crippen molar-refractivity contribution in [2.45, 2.75) is 136 Å². The van der Waals surface area contributed by atoms with Crippen molar-refractivity contribution in [3.8, 4) is 28.8 Å². The summed E-state index contributed by atoms with van der Waals surface area (Å²) in [5, 5.41) is 0. The molecule has 1 heterocycles. The molecule has 0 aliphatic heterocycles. The van der Waals surface area contributed by atoms with Crippen molar-refractivity contribution in [1.29, 1.82) is 0 Å². The molecule has 0 saturated heterocycles. The van der Waals surface area contributed by atoms with Crippen LogP contribution in [0.2, 0.25) is 19.1 Å². The van der Waals surface area contributed by atoms with Crippen LogP contribution in [-0.4, -0.2) is 31.0 Å². The van der Waals surface area contributed by atoms with Gasteiger partial charge in [0.2, 0.25) is 5.88 Å². The van der Waals surface area contributed by atoms with Crippen LogP contribution in [0.1, 0.15) is 116 Å². The molecule has 0 spiro atoms. The van der Waals surface area contributed by atoms with Crippen molar-refractivity contribution in [3.05, 3.63) is 54.2 Å². The number of hydrogen-bond acceptors (Lipinski definition) is 4. The molecule has 43 heavy (non-hydrogen) atoms. The fourth-order valence-corrected chi connectivity index (χ4v) is 8.01. The number of nitrogens with zero attached hydrogens (tertiary/aromatic N) is 2. The largest absolute Gasteiger partial charge is 0.477 e. The van der Waals surface area contributed by atoms with Gasteiger partial charge in [0.25, 0.3) is 0 Å². The summed E-state index contributed by atoms with van der Waals surface area (Å²) in [6.45, 7) is 12.2. The van der Waals surface area contributed by atoms with Gasteiger partial charge in [-0.25, -0.2) is 9.97 Å². The fraction of sp³-hybridized carbons (Fsp3) is 0.579. The summed E-state index contributed by atoms with van der Waals surface area (Å²) in [7, 11) is -1.50. The lowest BCUT2D eigenvalue weighted by molar-refractivity contribution is 0.196. The maximum Gasteiger partial charge on any atom is 0.232 e. The molecule has 0 radical (unpaired) electrons. The summed E-state index contributed by atoms with van der Waals surface area (Å²) in [5.74, 6) is 7.31. The van der Waals surface area contributed by atoms with Crippen LogP contribution in [-0.2, 0) is 4.43 Å². The average molecular weight is 601 g/mol. The van der Waals surface area contributed by atoms with E-state index in [-0.39, 0.29) is 0 Å². The van der Waals surface area contributed by atoms with E-state index in [1.165, 1.54) is 70.3 Å². The minimum atomic E-state index is -1.50. The number of hydrogen-bond donors (Lipinski definition) is 0. The number of benzene rings is 2. The molecule has 0 aliphatic carbocycles. The Morgan fingerprint density at radius 2 is 1.47 bits per heavy atom. The Morgan fingerprint density at radius 3 is 2.21 bits per heavy atom. The second kappa shape index (κ2) is 19.6. The third-order valence-corrected chi connectivity index (χ3v) is 10.6. The Kier molecular flexibility index (Phi) is 15.8. The predicted octanol–water partition coefficient (Wildman–Crippen LogP) is 11.1. The van der Waals surface area contributed by atoms with Crippen molar-refractivity contribution in [3.63, 3.8) is 0 Å². The lowest BCUT2D eigenvalue weighted by Gasteiger charge is -2.27. The molecule has 234 valence electrons. The summed E-state index contributed by atoms with van der Waals surface area (Å²) in [6.07, 6.45) is 19.3. The predicted molar refractivity (Wildman–Crippen MR) is 186 cm³/mol. The van der Waals surface area contributed by atoms with Gasteiger partial charge in [0.05, 0.1) is 23.8 Å². The first-order valence-corrected chi connectivity index (χ1v) is 20.2. The molecular formula is C38H56N2O2Si. The van der Waals surface area contributed by atoms with Crippen LogP contribution in [0.25, 0.3) is 22.2 Å². The van der Waals surface area contributed by atoms with Crippen LogP contribution in [0.4, 0.5) is 0 Å². The Balaban J connectivity index is 1.39. The number of rotatable bonds is 20. The third-order valence-electron chi connectivity index (χ3n) is 8.03. The highest BCUT2D eigenvalue weighted by atomic mass is 28.4. The highest BCUT2D eigenvalue weighted by Gasteiger charge is 2.23. The van der Waals surface area contributed by atoms with Gasteiger partial charge in [-0.05, 0) is 87.1 Å². The molecule has 1 unspecified atom stereocenters. The Bertz CT molecular complexity index is 1260. The zero-order chi connectivity index (χ0) is 30.8. The van der Waals surface area contributed by atoms with Crippen molar-refractivity contribution in [2.75, 3.05) is 6.61 Å². The van der Waals surface area contributed by atoms with E-state index in [0.29, 0.717) is 18.6 Å². The summed E-state index contributed by atoms with van der Waals surface area (Å²) in [6, 6.07) is 16.0. The monoisotopic (exact) mass is 600 g/mol. The van der Waals surface area contributed by atoms with E-state index in [1.807, 2.05) is 6.07 Å². The fourth-order valence-electron chi connectivity index (χ4n) is 5.48. The summed E-state index contributed by atoms with van der Waals surface area (Å²) >= 11 is 0. The van der Waals surface area contributed by atoms with Crippen molar-refractivity contribution < 1.29 is 9.16 Å². The van der Waals surface area contributed by atoms with Gasteiger partial charge < -0.3 is 9.16 Å². The SMILES string of the molecule is CCCCCCCCCCOc1cnc2cc(-c3ccc(C#CCCCCC(C)O[Si](C)(C)CCCC)cc3)ccc2n1. The van der Waals surface area contributed by atoms with E-state index in [0.717, 1.165) is 53.4 Å². The van der Waals surface area contributed by atoms with Crippen LogP contribution in [0.5, 0.6) is 5.88 Å². The zero-order valence-electron chi connectivity index (χ0n) is 27.7. The molecule has 5 heteroatoms. The van der Waals surface area contributed by atoms with Gasteiger partial charge in [0.1, 0.15) is 0 Å². The van der Waals surface area contributed by atoms with Crippen LogP contribution < -0.4 is 4.74 Å². The van der Waals surface area contributed by atoms with Gasteiger partial charge >= 0.3 is 0 Å². The molecule has 0 bridgehead atoms. The topological polar surface area (TPSA) is 44.2 Å². The lowest BCUT2D eigenvalue weighted by atomic mass is 10.0. The molecule has 0 fully saturated rings. The summed E-state index contributed by atoms with van der Waals surface area (Å²) in [4.78, 5) is 9.30. The smallest absolute Gasteiger partial charge is 0.232 e. The Hall–Kier alpha value is -2.68. The summed E-state index contributed by atoms with van der Waals surface area (Å²) < 4.78 is 12.3. The van der Waals surface area contributed by atoms with Gasteiger partial charge in [-0.2, -0.15) is 0 Å². The van der Waals surface area contributed by atoms with Gasteiger partial charge in [0.15, 0.2) is 8.32 Å². The van der Waals surface area contributed by atoms with Gasteiger partial charge in [-0.1, -0.05) is 102 Å². The second-order valence-electron chi connectivity index (χ2n) is 12.7. The number of ether oxygens (including phenoxy) is 1. The molecular weight excluding hydrogens is 545 g/mol. The molecule has 1 aromatic heterocycles. The maximum atomic E-state index is 6.42. The van der Waals surface area contributed by atoms with Crippen LogP contribution in [0.15, 0.2) is 48.7 Å². The van der Waals surface area contributed by atoms with E-state index in [9.17, 15) is 0 Å². The number of aromatic nitrogens is 2. The summed E-state index contributed by atoms with van der Waals surface area (Å²) in [5.41, 5.74) is 5.09. The van der Waals surface area contributed by atoms with Crippen molar-refractivity contribution in [1.82, 2.24) is 9.97 Å². The molecule has 1 atom stereocenters. The third kappa shape index (κ3) is 13.7. The highest BCUT2D eigenvalue weighted by Crippen LogP contribution is 2.24. The first-order valence-electron chi connectivity index (χ1n) is 17.1.